The molecule has 0 aliphatic rings. The highest BCUT2D eigenvalue weighted by Crippen LogP contribution is 2.21. The van der Waals surface area contributed by atoms with Crippen molar-refractivity contribution in [2.24, 2.45) is 0 Å². The molecule has 8 heteroatoms. The zero-order valence-corrected chi connectivity index (χ0v) is 11.7. The molecule has 1 aromatic rings. The molecule has 108 valence electrons. The first kappa shape index (κ1) is 15.9. The minimum Gasteiger partial charge on any atom is -0.370 e. The molecule has 0 bridgehead atoms. The Morgan fingerprint density at radius 3 is 2.21 bits per heavy atom. The normalized spacial score (nSPS) is 11.4. The van der Waals surface area contributed by atoms with E-state index in [1.165, 1.54) is 11.8 Å². The van der Waals surface area contributed by atoms with Crippen molar-refractivity contribution in [2.45, 2.75) is 31.1 Å². The minimum absolute atomic E-state index is 0.193. The fraction of sp³-hybridized carbons (Fsp3) is 0.636. The number of halogens is 3. The summed E-state index contributed by atoms with van der Waals surface area (Å²) < 4.78 is 36.2. The molecule has 0 aliphatic carbocycles. The summed E-state index contributed by atoms with van der Waals surface area (Å²) in [6.07, 6.45) is -2.29. The van der Waals surface area contributed by atoms with Crippen LogP contribution in [-0.4, -0.2) is 35.5 Å². The molecule has 1 heterocycles. The number of thioether (sulfide) groups is 1. The van der Waals surface area contributed by atoms with Crippen molar-refractivity contribution in [3.63, 3.8) is 0 Å². The Kier molecular flexibility index (Phi) is 6.20. The zero-order chi connectivity index (χ0) is 14.3. The zero-order valence-electron chi connectivity index (χ0n) is 10.8. The first-order valence-electron chi connectivity index (χ1n) is 5.92. The highest BCUT2D eigenvalue weighted by molar-refractivity contribution is 7.98. The lowest BCUT2D eigenvalue weighted by atomic mass is 10.4. The lowest BCUT2D eigenvalue weighted by Crippen LogP contribution is -2.15. The minimum atomic E-state index is -4.16. The number of nitrogens with zero attached hydrogens (tertiary/aromatic N) is 2. The molecule has 0 aromatic carbocycles. The van der Waals surface area contributed by atoms with Gasteiger partial charge in [-0.05, 0) is 12.7 Å². The van der Waals surface area contributed by atoms with Crippen LogP contribution in [0.5, 0.6) is 0 Å². The van der Waals surface area contributed by atoms with Crippen LogP contribution in [0, 0.1) is 0 Å². The third-order valence-corrected chi connectivity index (χ3v) is 2.71. The first-order valence-corrected chi connectivity index (χ1v) is 7.14. The lowest BCUT2D eigenvalue weighted by molar-refractivity contribution is -0.131. The van der Waals surface area contributed by atoms with Gasteiger partial charge >= 0.3 is 6.18 Å². The Bertz CT molecular complexity index is 398. The van der Waals surface area contributed by atoms with Crippen molar-refractivity contribution in [3.8, 4) is 0 Å². The van der Waals surface area contributed by atoms with E-state index in [-0.39, 0.29) is 6.54 Å². The maximum absolute atomic E-state index is 12.1. The van der Waals surface area contributed by atoms with Gasteiger partial charge in [-0.1, -0.05) is 18.7 Å². The van der Waals surface area contributed by atoms with Gasteiger partial charge in [-0.25, -0.2) is 9.97 Å². The molecule has 19 heavy (non-hydrogen) atoms. The van der Waals surface area contributed by atoms with Gasteiger partial charge in [0.1, 0.15) is 11.6 Å². The SMILES string of the molecule is CCCNc1cc(NCCC(F)(F)F)nc(SC)n1. The second-order valence-corrected chi connectivity index (χ2v) is 4.62. The van der Waals surface area contributed by atoms with E-state index in [0.717, 1.165) is 13.0 Å². The van der Waals surface area contributed by atoms with Crippen LogP contribution in [0.4, 0.5) is 24.8 Å². The van der Waals surface area contributed by atoms with Crippen molar-refractivity contribution >= 4 is 23.4 Å². The van der Waals surface area contributed by atoms with Crippen LogP contribution in [-0.2, 0) is 0 Å². The van der Waals surface area contributed by atoms with E-state index in [1.54, 1.807) is 6.07 Å². The van der Waals surface area contributed by atoms with Crippen molar-refractivity contribution in [3.05, 3.63) is 6.07 Å². The highest BCUT2D eigenvalue weighted by Gasteiger charge is 2.26. The Balaban J connectivity index is 2.65. The van der Waals surface area contributed by atoms with Gasteiger partial charge in [-0.15, -0.1) is 0 Å². The summed E-state index contributed by atoms with van der Waals surface area (Å²) in [4.78, 5) is 8.34. The van der Waals surface area contributed by atoms with Gasteiger partial charge in [0.15, 0.2) is 5.16 Å². The second kappa shape index (κ2) is 7.42. The van der Waals surface area contributed by atoms with E-state index in [2.05, 4.69) is 20.6 Å². The molecule has 0 spiro atoms. The van der Waals surface area contributed by atoms with E-state index in [9.17, 15) is 13.2 Å². The van der Waals surface area contributed by atoms with Crippen molar-refractivity contribution < 1.29 is 13.2 Å². The lowest BCUT2D eigenvalue weighted by Gasteiger charge is -2.11. The average Bonchev–Trinajstić information content (AvgIpc) is 2.34. The smallest absolute Gasteiger partial charge is 0.370 e. The van der Waals surface area contributed by atoms with Gasteiger partial charge in [-0.3, -0.25) is 0 Å². The third-order valence-electron chi connectivity index (χ3n) is 2.16. The van der Waals surface area contributed by atoms with E-state index >= 15 is 0 Å². The largest absolute Gasteiger partial charge is 0.390 e. The molecule has 0 unspecified atom stereocenters. The fourth-order valence-corrected chi connectivity index (χ4v) is 1.66. The standard InChI is InChI=1S/C11H17F3N4S/c1-3-5-15-8-7-9(18-10(17-8)19-2)16-6-4-11(12,13)14/h7H,3-6H2,1-2H3,(H2,15,16,17,18). The Labute approximate surface area is 114 Å². The van der Waals surface area contributed by atoms with E-state index < -0.39 is 12.6 Å². The fourth-order valence-electron chi connectivity index (χ4n) is 1.28. The molecule has 0 atom stereocenters. The molecule has 0 saturated carbocycles. The molecular formula is C11H17F3N4S. The summed E-state index contributed by atoms with van der Waals surface area (Å²) >= 11 is 1.35. The number of aromatic nitrogens is 2. The predicted octanol–water partition coefficient (Wildman–Crippen LogP) is 3.38. The molecule has 2 N–H and O–H groups in total. The Hall–Kier alpha value is -1.18. The van der Waals surface area contributed by atoms with Crippen molar-refractivity contribution in [2.75, 3.05) is 30.0 Å². The summed E-state index contributed by atoms with van der Waals surface area (Å²) in [7, 11) is 0. The molecule has 0 amide bonds. The highest BCUT2D eigenvalue weighted by atomic mass is 32.2. The van der Waals surface area contributed by atoms with Gasteiger partial charge in [0, 0.05) is 19.2 Å². The first-order chi connectivity index (χ1) is 8.94. The summed E-state index contributed by atoms with van der Waals surface area (Å²) in [5, 5.41) is 6.28. The molecule has 0 fully saturated rings. The van der Waals surface area contributed by atoms with Crippen LogP contribution < -0.4 is 10.6 Å². The molecule has 0 saturated heterocycles. The van der Waals surface area contributed by atoms with E-state index in [0.29, 0.717) is 16.8 Å². The quantitative estimate of drug-likeness (QED) is 0.596. The molecule has 4 nitrogen and oxygen atoms in total. The maximum Gasteiger partial charge on any atom is 0.390 e. The van der Waals surface area contributed by atoms with Crippen molar-refractivity contribution in [1.29, 1.82) is 0 Å². The van der Waals surface area contributed by atoms with Crippen LogP contribution in [0.2, 0.25) is 0 Å². The number of hydrogen-bond acceptors (Lipinski definition) is 5. The van der Waals surface area contributed by atoms with E-state index in [1.807, 2.05) is 13.2 Å². The molecular weight excluding hydrogens is 277 g/mol. The monoisotopic (exact) mass is 294 g/mol. The van der Waals surface area contributed by atoms with E-state index in [4.69, 9.17) is 0 Å². The van der Waals surface area contributed by atoms with Gasteiger partial charge in [0.25, 0.3) is 0 Å². The number of rotatable bonds is 7. The molecule has 0 aliphatic heterocycles. The Morgan fingerprint density at radius 2 is 1.74 bits per heavy atom. The van der Waals surface area contributed by atoms with Crippen LogP contribution in [0.15, 0.2) is 11.2 Å². The van der Waals surface area contributed by atoms with Crippen molar-refractivity contribution in [1.82, 2.24) is 9.97 Å². The Morgan fingerprint density at radius 1 is 1.16 bits per heavy atom. The number of hydrogen-bond donors (Lipinski definition) is 2. The molecule has 1 rings (SSSR count). The van der Waals surface area contributed by atoms with Gasteiger partial charge in [-0.2, -0.15) is 13.2 Å². The molecule has 1 aromatic heterocycles. The molecule has 0 radical (unpaired) electrons. The topological polar surface area (TPSA) is 49.8 Å². The van der Waals surface area contributed by atoms with Crippen LogP contribution >= 0.6 is 11.8 Å². The number of nitrogens with one attached hydrogen (secondary N) is 2. The van der Waals surface area contributed by atoms with Crippen LogP contribution in [0.1, 0.15) is 19.8 Å². The van der Waals surface area contributed by atoms with Gasteiger partial charge in [0.05, 0.1) is 6.42 Å². The van der Waals surface area contributed by atoms with Crippen LogP contribution in [0.25, 0.3) is 0 Å². The van der Waals surface area contributed by atoms with Crippen LogP contribution in [0.3, 0.4) is 0 Å². The summed E-state index contributed by atoms with van der Waals surface area (Å²) in [5.41, 5.74) is 0. The second-order valence-electron chi connectivity index (χ2n) is 3.84. The van der Waals surface area contributed by atoms with Gasteiger partial charge < -0.3 is 10.6 Å². The summed E-state index contributed by atoms with van der Waals surface area (Å²) in [5.74, 6) is 1.03. The third kappa shape index (κ3) is 6.51. The number of anilines is 2. The predicted molar refractivity (Wildman–Crippen MR) is 71.8 cm³/mol. The number of alkyl halides is 3. The maximum atomic E-state index is 12.1. The van der Waals surface area contributed by atoms with Gasteiger partial charge in [0.2, 0.25) is 0 Å². The summed E-state index contributed by atoms with van der Waals surface area (Å²) in [6, 6.07) is 1.62. The average molecular weight is 294 g/mol. The summed E-state index contributed by atoms with van der Waals surface area (Å²) in [6.45, 7) is 2.58.